The standard InChI is InChI=1S/C6H3Br3/c7-4-1-5(8)3-6(9)2-4/h1-3H/i1+2,2+2,3+2,4+2,5+2,6+2. The summed E-state index contributed by atoms with van der Waals surface area (Å²) >= 11 is 10.1. The fourth-order valence-corrected chi connectivity index (χ4v) is 2.92. The van der Waals surface area contributed by atoms with Crippen LogP contribution in [0.2, 0.25) is 0 Å². The van der Waals surface area contributed by atoms with Gasteiger partial charge in [0.1, 0.15) is 0 Å². The SMILES string of the molecule is Br[14c]1[14cH][14c](Br)[14cH][14c](Br)[14cH]1. The highest BCUT2D eigenvalue weighted by atomic mass is 79.9. The molecule has 0 aromatic heterocycles. The van der Waals surface area contributed by atoms with Crippen LogP contribution in [-0.4, -0.2) is 0 Å². The van der Waals surface area contributed by atoms with Crippen LogP contribution in [0.1, 0.15) is 0 Å². The summed E-state index contributed by atoms with van der Waals surface area (Å²) in [6.07, 6.45) is 0. The Bertz CT molecular complexity index is 169. The van der Waals surface area contributed by atoms with Gasteiger partial charge in [-0.25, -0.2) is 0 Å². The van der Waals surface area contributed by atoms with Crippen molar-refractivity contribution in [3.63, 3.8) is 0 Å². The molecule has 48 valence electrons. The Morgan fingerprint density at radius 1 is 0.667 bits per heavy atom. The first kappa shape index (κ1) is 7.76. The minimum Gasteiger partial charge on any atom is -0.0508 e. The van der Waals surface area contributed by atoms with Gasteiger partial charge < -0.3 is 0 Å². The molecular formula is C6H3Br3. The average molecular weight is 327 g/mol. The number of halogens is 3. The normalized spacial score (nSPS) is 9.67. The third-order valence-corrected chi connectivity index (χ3v) is 2.20. The van der Waals surface area contributed by atoms with E-state index in [1.807, 2.05) is 18.2 Å². The fourth-order valence-electron chi connectivity index (χ4n) is 0.520. The van der Waals surface area contributed by atoms with E-state index >= 15 is 0 Å². The smallest absolute Gasteiger partial charge is 0.0197 e. The second-order valence-electron chi connectivity index (χ2n) is 1.59. The van der Waals surface area contributed by atoms with Gasteiger partial charge >= 0.3 is 0 Å². The van der Waals surface area contributed by atoms with Crippen molar-refractivity contribution in [2.24, 2.45) is 0 Å². The van der Waals surface area contributed by atoms with Gasteiger partial charge in [0.05, 0.1) is 0 Å². The van der Waals surface area contributed by atoms with Crippen molar-refractivity contribution >= 4 is 47.8 Å². The molecular weight excluding hydrogens is 324 g/mol. The molecule has 0 atom stereocenters. The van der Waals surface area contributed by atoms with Gasteiger partial charge in [-0.05, 0) is 18.2 Å². The molecule has 0 saturated heterocycles. The second kappa shape index (κ2) is 3.17. The Hall–Kier alpha value is 0.660. The van der Waals surface area contributed by atoms with E-state index in [1.165, 1.54) is 0 Å². The summed E-state index contributed by atoms with van der Waals surface area (Å²) in [7, 11) is 0. The first-order chi connectivity index (χ1) is 4.18. The molecule has 1 aromatic rings. The van der Waals surface area contributed by atoms with Crippen LogP contribution in [0.15, 0.2) is 31.6 Å². The molecule has 0 aliphatic carbocycles. The molecule has 0 spiro atoms. The Morgan fingerprint density at radius 3 is 1.11 bits per heavy atom. The van der Waals surface area contributed by atoms with Gasteiger partial charge in [-0.1, -0.05) is 47.8 Å². The van der Waals surface area contributed by atoms with Crippen LogP contribution in [0.25, 0.3) is 0 Å². The predicted molar refractivity (Wildman–Crippen MR) is 49.5 cm³/mol. The van der Waals surface area contributed by atoms with Crippen LogP contribution < -0.4 is 0 Å². The van der Waals surface area contributed by atoms with Crippen molar-refractivity contribution < 1.29 is 0 Å². The topological polar surface area (TPSA) is 0 Å². The lowest BCUT2D eigenvalue weighted by Gasteiger charge is -1.92. The molecule has 0 saturated carbocycles. The Labute approximate surface area is 79.0 Å². The summed E-state index contributed by atoms with van der Waals surface area (Å²) in [5.41, 5.74) is 0. The molecule has 0 heterocycles. The lowest BCUT2D eigenvalue weighted by Crippen LogP contribution is -1.66. The number of rotatable bonds is 0. The lowest BCUT2D eigenvalue weighted by molar-refractivity contribution is 1.56. The van der Waals surface area contributed by atoms with E-state index in [0.29, 0.717) is 0 Å². The molecule has 0 aliphatic heterocycles. The van der Waals surface area contributed by atoms with Crippen LogP contribution in [0.4, 0.5) is 0 Å². The highest BCUT2D eigenvalue weighted by Gasteiger charge is 1.91. The zero-order chi connectivity index (χ0) is 6.85. The van der Waals surface area contributed by atoms with Crippen LogP contribution in [0.3, 0.4) is 0 Å². The molecule has 0 fully saturated rings. The zero-order valence-corrected chi connectivity index (χ0v) is 9.12. The Morgan fingerprint density at radius 2 is 0.889 bits per heavy atom. The average Bonchev–Trinajstić information content (AvgIpc) is 1.59. The molecule has 0 aliphatic rings. The fraction of sp³-hybridized carbons (Fsp3) is 0. The highest BCUT2D eigenvalue weighted by Crippen LogP contribution is 2.23. The van der Waals surface area contributed by atoms with Gasteiger partial charge in [0.2, 0.25) is 0 Å². The van der Waals surface area contributed by atoms with E-state index in [2.05, 4.69) is 47.8 Å². The zero-order valence-electron chi connectivity index (χ0n) is 4.37. The van der Waals surface area contributed by atoms with Crippen LogP contribution >= 0.6 is 47.8 Å². The second-order valence-corrected chi connectivity index (χ2v) is 4.33. The van der Waals surface area contributed by atoms with E-state index in [-0.39, 0.29) is 0 Å². The van der Waals surface area contributed by atoms with Crippen molar-refractivity contribution in [3.8, 4) is 0 Å². The van der Waals surface area contributed by atoms with Gasteiger partial charge in [0.15, 0.2) is 0 Å². The molecule has 0 unspecified atom stereocenters. The largest absolute Gasteiger partial charge is 0.0508 e. The third-order valence-electron chi connectivity index (χ3n) is 0.827. The molecule has 1 aromatic carbocycles. The number of hydrogen-bond acceptors (Lipinski definition) is 0. The number of hydrogen-bond donors (Lipinski definition) is 0. The quantitative estimate of drug-likeness (QED) is 0.676. The molecule has 0 amide bonds. The maximum atomic E-state index is 3.35. The Balaban J connectivity index is 3.17. The molecule has 1 rings (SSSR count). The molecule has 0 radical (unpaired) electrons. The molecule has 0 nitrogen and oxygen atoms in total. The van der Waals surface area contributed by atoms with E-state index < -0.39 is 0 Å². The van der Waals surface area contributed by atoms with Gasteiger partial charge in [-0.15, -0.1) is 0 Å². The van der Waals surface area contributed by atoms with E-state index in [4.69, 9.17) is 0 Å². The minimum atomic E-state index is 1.07. The maximum absolute atomic E-state index is 3.35. The summed E-state index contributed by atoms with van der Waals surface area (Å²) in [6.45, 7) is 0. The predicted octanol–water partition coefficient (Wildman–Crippen LogP) is 3.97. The molecule has 0 N–H and O–H groups in total. The van der Waals surface area contributed by atoms with Gasteiger partial charge in [-0.2, -0.15) is 0 Å². The highest BCUT2D eigenvalue weighted by molar-refractivity contribution is 9.11. The van der Waals surface area contributed by atoms with E-state index in [0.717, 1.165) is 13.4 Å². The maximum Gasteiger partial charge on any atom is 0.0197 e. The van der Waals surface area contributed by atoms with Crippen molar-refractivity contribution in [2.75, 3.05) is 0 Å². The van der Waals surface area contributed by atoms with Crippen molar-refractivity contribution in [1.29, 1.82) is 0 Å². The Kier molecular flexibility index (Phi) is 2.73. The van der Waals surface area contributed by atoms with Crippen molar-refractivity contribution in [1.82, 2.24) is 0 Å². The van der Waals surface area contributed by atoms with Crippen molar-refractivity contribution in [2.45, 2.75) is 0 Å². The van der Waals surface area contributed by atoms with E-state index in [1.54, 1.807) is 0 Å². The van der Waals surface area contributed by atoms with Crippen LogP contribution in [0.5, 0.6) is 0 Å². The summed E-state index contributed by atoms with van der Waals surface area (Å²) in [5, 5.41) is 0. The first-order valence-corrected chi connectivity index (χ1v) is 4.68. The molecule has 0 bridgehead atoms. The van der Waals surface area contributed by atoms with Gasteiger partial charge in [0.25, 0.3) is 0 Å². The lowest BCUT2D eigenvalue weighted by atomic mass is 12.4. The summed E-state index contributed by atoms with van der Waals surface area (Å²) < 4.78 is 3.22. The van der Waals surface area contributed by atoms with Crippen LogP contribution in [-0.2, 0) is 0 Å². The number of benzene rings is 1. The van der Waals surface area contributed by atoms with Crippen molar-refractivity contribution in [3.05, 3.63) is 31.6 Å². The summed E-state index contributed by atoms with van der Waals surface area (Å²) in [5.74, 6) is 0. The monoisotopic (exact) mass is 324 g/mol. The van der Waals surface area contributed by atoms with Crippen LogP contribution in [0, 0.1) is 0 Å². The first-order valence-electron chi connectivity index (χ1n) is 2.30. The molecule has 3 heteroatoms. The van der Waals surface area contributed by atoms with Gasteiger partial charge in [0, 0.05) is 13.4 Å². The summed E-state index contributed by atoms with van der Waals surface area (Å²) in [4.78, 5) is 0. The van der Waals surface area contributed by atoms with Gasteiger partial charge in [-0.3, -0.25) is 0 Å². The third kappa shape index (κ3) is 2.40. The molecule has 9 heavy (non-hydrogen) atoms. The minimum absolute atomic E-state index is 1.07. The van der Waals surface area contributed by atoms with E-state index in [9.17, 15) is 0 Å². The summed E-state index contributed by atoms with van der Waals surface area (Å²) in [6, 6.07) is 5.97.